The van der Waals surface area contributed by atoms with Gasteiger partial charge in [-0.15, -0.1) is 0 Å². The number of hydrogen-bond donors (Lipinski definition) is 1. The fourth-order valence-corrected chi connectivity index (χ4v) is 2.24. The number of aryl methyl sites for hydroxylation is 1. The lowest BCUT2D eigenvalue weighted by Crippen LogP contribution is -2.02. The monoisotopic (exact) mass is 317 g/mol. The van der Waals surface area contributed by atoms with Crippen LogP contribution in [0.5, 0.6) is 0 Å². The van der Waals surface area contributed by atoms with Crippen LogP contribution in [0.15, 0.2) is 30.3 Å². The van der Waals surface area contributed by atoms with Gasteiger partial charge in [0.05, 0.1) is 10.7 Å². The van der Waals surface area contributed by atoms with Crippen LogP contribution < -0.4 is 5.32 Å². The standard InChI is InChI=1S/C14H11Cl3FN/c1-8-4-12(17)14(6-11(8)16)19-7-9-2-3-10(15)5-13(9)18/h2-6,19H,7H2,1H3. The summed E-state index contributed by atoms with van der Waals surface area (Å²) in [5.74, 6) is -0.352. The van der Waals surface area contributed by atoms with E-state index in [1.54, 1.807) is 24.3 Å². The fourth-order valence-electron chi connectivity index (χ4n) is 1.64. The third-order valence-electron chi connectivity index (χ3n) is 2.73. The molecule has 0 spiro atoms. The van der Waals surface area contributed by atoms with Crippen molar-refractivity contribution in [1.82, 2.24) is 0 Å². The number of anilines is 1. The van der Waals surface area contributed by atoms with Crippen LogP contribution in [-0.2, 0) is 6.54 Å². The second-order valence-corrected chi connectivity index (χ2v) is 5.42. The molecule has 1 N–H and O–H groups in total. The smallest absolute Gasteiger partial charge is 0.129 e. The van der Waals surface area contributed by atoms with E-state index in [4.69, 9.17) is 34.8 Å². The molecule has 0 bridgehead atoms. The van der Waals surface area contributed by atoms with Crippen molar-refractivity contribution in [3.05, 3.63) is 62.3 Å². The summed E-state index contributed by atoms with van der Waals surface area (Å²) in [7, 11) is 0. The molecule has 19 heavy (non-hydrogen) atoms. The summed E-state index contributed by atoms with van der Waals surface area (Å²) >= 11 is 17.8. The summed E-state index contributed by atoms with van der Waals surface area (Å²) in [6.07, 6.45) is 0. The van der Waals surface area contributed by atoms with Crippen molar-refractivity contribution in [2.75, 3.05) is 5.32 Å². The molecule has 1 nitrogen and oxygen atoms in total. The SMILES string of the molecule is Cc1cc(Cl)c(NCc2ccc(Cl)cc2F)cc1Cl. The van der Waals surface area contributed by atoms with Crippen LogP contribution in [0.25, 0.3) is 0 Å². The normalized spacial score (nSPS) is 10.6. The Kier molecular flexibility index (Phi) is 4.56. The average molecular weight is 319 g/mol. The Bertz CT molecular complexity index is 614. The molecular weight excluding hydrogens is 308 g/mol. The largest absolute Gasteiger partial charge is 0.380 e. The first-order valence-corrected chi connectivity index (χ1v) is 6.74. The van der Waals surface area contributed by atoms with E-state index in [2.05, 4.69) is 5.32 Å². The summed E-state index contributed by atoms with van der Waals surface area (Å²) in [6, 6.07) is 8.06. The Hall–Kier alpha value is -0.960. The van der Waals surface area contributed by atoms with Crippen molar-refractivity contribution >= 4 is 40.5 Å². The predicted molar refractivity (Wildman–Crippen MR) is 79.9 cm³/mol. The van der Waals surface area contributed by atoms with Gasteiger partial charge in [0.15, 0.2) is 0 Å². The molecule has 2 aromatic rings. The molecule has 0 saturated carbocycles. The van der Waals surface area contributed by atoms with Crippen molar-refractivity contribution < 1.29 is 4.39 Å². The molecule has 0 fully saturated rings. The molecule has 0 aromatic heterocycles. The number of benzene rings is 2. The minimum atomic E-state index is -0.352. The first-order chi connectivity index (χ1) is 8.97. The molecular formula is C14H11Cl3FN. The van der Waals surface area contributed by atoms with Gasteiger partial charge in [-0.25, -0.2) is 4.39 Å². The van der Waals surface area contributed by atoms with Crippen molar-refractivity contribution in [2.24, 2.45) is 0 Å². The second-order valence-electron chi connectivity index (χ2n) is 4.17. The lowest BCUT2D eigenvalue weighted by molar-refractivity contribution is 0.613. The zero-order chi connectivity index (χ0) is 14.0. The Morgan fingerprint density at radius 1 is 1.05 bits per heavy atom. The van der Waals surface area contributed by atoms with Gasteiger partial charge in [0.2, 0.25) is 0 Å². The molecule has 0 unspecified atom stereocenters. The minimum absolute atomic E-state index is 0.308. The predicted octanol–water partition coefficient (Wildman–Crippen LogP) is 5.71. The van der Waals surface area contributed by atoms with E-state index in [1.807, 2.05) is 6.92 Å². The molecule has 0 heterocycles. The number of halogens is 4. The Labute approximate surface area is 126 Å². The van der Waals surface area contributed by atoms with Gasteiger partial charge in [-0.1, -0.05) is 40.9 Å². The fraction of sp³-hybridized carbons (Fsp3) is 0.143. The summed E-state index contributed by atoms with van der Waals surface area (Å²) in [4.78, 5) is 0. The lowest BCUT2D eigenvalue weighted by Gasteiger charge is -2.11. The van der Waals surface area contributed by atoms with Crippen molar-refractivity contribution in [3.8, 4) is 0 Å². The van der Waals surface area contributed by atoms with Gasteiger partial charge in [-0.3, -0.25) is 0 Å². The molecule has 2 aromatic carbocycles. The van der Waals surface area contributed by atoms with E-state index in [9.17, 15) is 4.39 Å². The highest BCUT2D eigenvalue weighted by atomic mass is 35.5. The van der Waals surface area contributed by atoms with Gasteiger partial charge in [-0.2, -0.15) is 0 Å². The maximum absolute atomic E-state index is 13.6. The summed E-state index contributed by atoms with van der Waals surface area (Å²) in [6.45, 7) is 2.18. The first-order valence-electron chi connectivity index (χ1n) is 5.61. The van der Waals surface area contributed by atoms with Gasteiger partial charge in [0.25, 0.3) is 0 Å². The maximum Gasteiger partial charge on any atom is 0.129 e. The average Bonchev–Trinajstić information content (AvgIpc) is 2.34. The third-order valence-corrected chi connectivity index (χ3v) is 3.69. The van der Waals surface area contributed by atoms with Gasteiger partial charge >= 0.3 is 0 Å². The van der Waals surface area contributed by atoms with Crippen LogP contribution in [0.2, 0.25) is 15.1 Å². The van der Waals surface area contributed by atoms with Crippen LogP contribution in [-0.4, -0.2) is 0 Å². The highest BCUT2D eigenvalue weighted by molar-refractivity contribution is 6.35. The van der Waals surface area contributed by atoms with Crippen LogP contribution in [0, 0.1) is 12.7 Å². The van der Waals surface area contributed by atoms with Crippen LogP contribution in [0.3, 0.4) is 0 Å². The van der Waals surface area contributed by atoms with E-state index in [1.165, 1.54) is 6.07 Å². The number of nitrogens with one attached hydrogen (secondary N) is 1. The highest BCUT2D eigenvalue weighted by Gasteiger charge is 2.07. The Morgan fingerprint density at radius 2 is 1.79 bits per heavy atom. The molecule has 0 aliphatic rings. The van der Waals surface area contributed by atoms with Crippen LogP contribution >= 0.6 is 34.8 Å². The van der Waals surface area contributed by atoms with Gasteiger partial charge in [0, 0.05) is 22.2 Å². The number of rotatable bonds is 3. The quantitative estimate of drug-likeness (QED) is 0.764. The second kappa shape index (κ2) is 6.00. The third kappa shape index (κ3) is 3.53. The molecule has 0 radical (unpaired) electrons. The van der Waals surface area contributed by atoms with Crippen molar-refractivity contribution in [2.45, 2.75) is 13.5 Å². The van der Waals surface area contributed by atoms with Gasteiger partial charge in [-0.05, 0) is 36.8 Å². The molecule has 0 saturated heterocycles. The van der Waals surface area contributed by atoms with Crippen molar-refractivity contribution in [1.29, 1.82) is 0 Å². The maximum atomic E-state index is 13.6. The molecule has 0 atom stereocenters. The summed E-state index contributed by atoms with van der Waals surface area (Å²) in [5.41, 5.74) is 2.08. The Morgan fingerprint density at radius 3 is 2.47 bits per heavy atom. The van der Waals surface area contributed by atoms with E-state index >= 15 is 0 Å². The number of hydrogen-bond acceptors (Lipinski definition) is 1. The zero-order valence-corrected chi connectivity index (χ0v) is 12.4. The molecule has 0 aliphatic heterocycles. The van der Waals surface area contributed by atoms with Crippen LogP contribution in [0.4, 0.5) is 10.1 Å². The summed E-state index contributed by atoms with van der Waals surface area (Å²) < 4.78 is 13.6. The van der Waals surface area contributed by atoms with Crippen molar-refractivity contribution in [3.63, 3.8) is 0 Å². The van der Waals surface area contributed by atoms with E-state index in [-0.39, 0.29) is 5.82 Å². The van der Waals surface area contributed by atoms with Gasteiger partial charge in [0.1, 0.15) is 5.82 Å². The van der Waals surface area contributed by atoms with E-state index in [0.717, 1.165) is 5.56 Å². The van der Waals surface area contributed by atoms with Crippen LogP contribution in [0.1, 0.15) is 11.1 Å². The molecule has 100 valence electrons. The Balaban J connectivity index is 2.16. The molecule has 5 heteroatoms. The summed E-state index contributed by atoms with van der Waals surface area (Å²) in [5, 5.41) is 4.60. The topological polar surface area (TPSA) is 12.0 Å². The zero-order valence-electron chi connectivity index (χ0n) is 10.1. The molecule has 2 rings (SSSR count). The minimum Gasteiger partial charge on any atom is -0.380 e. The lowest BCUT2D eigenvalue weighted by atomic mass is 10.2. The van der Waals surface area contributed by atoms with E-state index < -0.39 is 0 Å². The highest BCUT2D eigenvalue weighted by Crippen LogP contribution is 2.29. The first kappa shape index (κ1) is 14.4. The van der Waals surface area contributed by atoms with Gasteiger partial charge < -0.3 is 5.32 Å². The molecule has 0 amide bonds. The molecule has 0 aliphatic carbocycles. The van der Waals surface area contributed by atoms with E-state index in [0.29, 0.717) is 32.9 Å².